The summed E-state index contributed by atoms with van der Waals surface area (Å²) < 4.78 is 0. The Morgan fingerprint density at radius 3 is 2.48 bits per heavy atom. The molecule has 0 fully saturated rings. The number of hydrogen-bond donors (Lipinski definition) is 1. The average molecular weight is 285 g/mol. The monoisotopic (exact) mass is 285 g/mol. The van der Waals surface area contributed by atoms with Gasteiger partial charge >= 0.3 is 0 Å². The van der Waals surface area contributed by atoms with Crippen LogP contribution in [0.25, 0.3) is 11.3 Å². The Bertz CT molecular complexity index is 624. The number of benzene rings is 1. The number of rotatable bonds is 6. The van der Waals surface area contributed by atoms with Gasteiger partial charge in [-0.15, -0.1) is 0 Å². The lowest BCUT2D eigenvalue weighted by atomic mass is 10.1. The van der Waals surface area contributed by atoms with Crippen LogP contribution >= 0.6 is 0 Å². The molecule has 0 atom stereocenters. The molecule has 21 heavy (non-hydrogen) atoms. The normalized spacial score (nSPS) is 10.4. The Hall–Kier alpha value is -2.43. The fraction of sp³-hybridized carbons (Fsp3) is 0.312. The highest BCUT2D eigenvalue weighted by Gasteiger charge is 2.12. The van der Waals surface area contributed by atoms with E-state index >= 15 is 0 Å². The van der Waals surface area contributed by atoms with Crippen molar-refractivity contribution >= 4 is 11.5 Å². The summed E-state index contributed by atoms with van der Waals surface area (Å²) >= 11 is 0. The Morgan fingerprint density at radius 1 is 1.19 bits per heavy atom. The molecule has 5 heteroatoms. The maximum Gasteiger partial charge on any atom is 0.275 e. The van der Waals surface area contributed by atoms with Crippen molar-refractivity contribution in [1.29, 1.82) is 0 Å². The minimum Gasteiger partial charge on any atom is -0.370 e. The van der Waals surface area contributed by atoms with Crippen LogP contribution in [0.3, 0.4) is 0 Å². The van der Waals surface area contributed by atoms with Crippen LogP contribution in [-0.2, 0) is 6.42 Å². The first-order valence-corrected chi connectivity index (χ1v) is 7.13. The van der Waals surface area contributed by atoms with Crippen molar-refractivity contribution in [1.82, 2.24) is 4.98 Å². The van der Waals surface area contributed by atoms with Crippen LogP contribution in [0.5, 0.6) is 0 Å². The molecule has 1 aromatic carbocycles. The zero-order valence-corrected chi connectivity index (χ0v) is 12.3. The molecule has 0 spiro atoms. The molecule has 2 aromatic rings. The maximum atomic E-state index is 11.1. The van der Waals surface area contributed by atoms with E-state index in [1.807, 2.05) is 31.2 Å². The topological polar surface area (TPSA) is 68.1 Å². The molecule has 0 aliphatic carbocycles. The minimum atomic E-state index is -0.386. The van der Waals surface area contributed by atoms with E-state index in [0.29, 0.717) is 11.5 Å². The predicted molar refractivity (Wildman–Crippen MR) is 84.5 cm³/mol. The van der Waals surface area contributed by atoms with Crippen molar-refractivity contribution in [2.24, 2.45) is 0 Å². The van der Waals surface area contributed by atoms with Gasteiger partial charge in [0.05, 0.1) is 16.7 Å². The van der Waals surface area contributed by atoms with E-state index in [0.717, 1.165) is 24.9 Å². The van der Waals surface area contributed by atoms with Gasteiger partial charge in [0.1, 0.15) is 5.82 Å². The first-order chi connectivity index (χ1) is 10.1. The molecule has 0 saturated heterocycles. The molecule has 1 aromatic heterocycles. The second-order valence-corrected chi connectivity index (χ2v) is 4.83. The van der Waals surface area contributed by atoms with E-state index in [4.69, 9.17) is 0 Å². The number of nitrogens with one attached hydrogen (secondary N) is 1. The molecule has 0 bridgehead atoms. The van der Waals surface area contributed by atoms with Crippen LogP contribution in [0.15, 0.2) is 36.4 Å². The number of aromatic nitrogens is 1. The first-order valence-electron chi connectivity index (χ1n) is 7.13. The number of aryl methyl sites for hydroxylation is 1. The summed E-state index contributed by atoms with van der Waals surface area (Å²) in [6, 6.07) is 10.9. The Morgan fingerprint density at radius 2 is 1.90 bits per heavy atom. The molecular formula is C16H19N3O2. The van der Waals surface area contributed by atoms with Crippen molar-refractivity contribution in [3.63, 3.8) is 0 Å². The van der Waals surface area contributed by atoms with Gasteiger partial charge in [-0.05, 0) is 18.4 Å². The molecule has 0 aliphatic heterocycles. The average Bonchev–Trinajstić information content (AvgIpc) is 2.52. The van der Waals surface area contributed by atoms with Gasteiger partial charge in [-0.1, -0.05) is 38.1 Å². The van der Waals surface area contributed by atoms with Gasteiger partial charge in [0, 0.05) is 18.2 Å². The fourth-order valence-corrected chi connectivity index (χ4v) is 2.02. The number of anilines is 1. The minimum absolute atomic E-state index is 0.0539. The maximum absolute atomic E-state index is 11.1. The lowest BCUT2D eigenvalue weighted by molar-refractivity contribution is -0.384. The Balaban J connectivity index is 2.40. The largest absolute Gasteiger partial charge is 0.370 e. The van der Waals surface area contributed by atoms with E-state index in [9.17, 15) is 10.1 Å². The molecule has 1 heterocycles. The Kier molecular flexibility index (Phi) is 4.87. The van der Waals surface area contributed by atoms with Gasteiger partial charge in [0.2, 0.25) is 0 Å². The van der Waals surface area contributed by atoms with Crippen LogP contribution in [0, 0.1) is 10.1 Å². The molecule has 110 valence electrons. The lowest BCUT2D eigenvalue weighted by Gasteiger charge is -2.07. The number of nitro groups is 1. The molecule has 0 radical (unpaired) electrons. The SMILES string of the molecule is CCCNc1cc([N+](=O)[O-])cc(-c2ccc(CC)cc2)n1. The zero-order valence-electron chi connectivity index (χ0n) is 12.3. The van der Waals surface area contributed by atoms with Gasteiger partial charge < -0.3 is 5.32 Å². The second kappa shape index (κ2) is 6.83. The van der Waals surface area contributed by atoms with Gasteiger partial charge in [0.25, 0.3) is 5.69 Å². The number of pyridine rings is 1. The number of hydrogen-bond acceptors (Lipinski definition) is 4. The van der Waals surface area contributed by atoms with Crippen molar-refractivity contribution in [3.05, 3.63) is 52.1 Å². The number of nitrogens with zero attached hydrogens (tertiary/aromatic N) is 2. The highest BCUT2D eigenvalue weighted by Crippen LogP contribution is 2.25. The lowest BCUT2D eigenvalue weighted by Crippen LogP contribution is -2.03. The van der Waals surface area contributed by atoms with Gasteiger partial charge in [-0.3, -0.25) is 10.1 Å². The summed E-state index contributed by atoms with van der Waals surface area (Å²) in [7, 11) is 0. The van der Waals surface area contributed by atoms with E-state index in [-0.39, 0.29) is 10.6 Å². The van der Waals surface area contributed by atoms with Crippen molar-refractivity contribution in [2.45, 2.75) is 26.7 Å². The summed E-state index contributed by atoms with van der Waals surface area (Å²) in [6.45, 7) is 4.87. The van der Waals surface area contributed by atoms with Crippen LogP contribution in [-0.4, -0.2) is 16.5 Å². The standard InChI is InChI=1S/C16H19N3O2/c1-3-9-17-16-11-14(19(20)21)10-15(18-16)13-7-5-12(4-2)6-8-13/h5-8,10-11H,3-4,9H2,1-2H3,(H,17,18). The van der Waals surface area contributed by atoms with Gasteiger partial charge in [-0.25, -0.2) is 4.98 Å². The van der Waals surface area contributed by atoms with Crippen LogP contribution < -0.4 is 5.32 Å². The summed E-state index contributed by atoms with van der Waals surface area (Å²) in [4.78, 5) is 15.1. The summed E-state index contributed by atoms with van der Waals surface area (Å²) in [5.41, 5.74) is 2.78. The van der Waals surface area contributed by atoms with E-state index in [2.05, 4.69) is 17.2 Å². The van der Waals surface area contributed by atoms with E-state index < -0.39 is 0 Å². The highest BCUT2D eigenvalue weighted by molar-refractivity contribution is 5.65. The smallest absolute Gasteiger partial charge is 0.275 e. The summed E-state index contributed by atoms with van der Waals surface area (Å²) in [5, 5.41) is 14.2. The van der Waals surface area contributed by atoms with Crippen LogP contribution in [0.4, 0.5) is 11.5 Å². The molecule has 1 N–H and O–H groups in total. The quantitative estimate of drug-likeness (QED) is 0.642. The van der Waals surface area contributed by atoms with Crippen LogP contribution in [0.1, 0.15) is 25.8 Å². The molecule has 5 nitrogen and oxygen atoms in total. The zero-order chi connectivity index (χ0) is 15.2. The second-order valence-electron chi connectivity index (χ2n) is 4.83. The molecule has 0 amide bonds. The summed E-state index contributed by atoms with van der Waals surface area (Å²) in [6.07, 6.45) is 1.90. The molecule has 0 aliphatic rings. The van der Waals surface area contributed by atoms with E-state index in [1.165, 1.54) is 17.7 Å². The van der Waals surface area contributed by atoms with Gasteiger partial charge in [0.15, 0.2) is 0 Å². The van der Waals surface area contributed by atoms with Crippen molar-refractivity contribution in [2.75, 3.05) is 11.9 Å². The fourth-order valence-electron chi connectivity index (χ4n) is 2.02. The molecular weight excluding hydrogens is 266 g/mol. The predicted octanol–water partition coefficient (Wildman–Crippen LogP) is 4.04. The third-order valence-corrected chi connectivity index (χ3v) is 3.23. The van der Waals surface area contributed by atoms with Crippen molar-refractivity contribution in [3.8, 4) is 11.3 Å². The van der Waals surface area contributed by atoms with Crippen molar-refractivity contribution < 1.29 is 4.92 Å². The molecule has 2 rings (SSSR count). The highest BCUT2D eigenvalue weighted by atomic mass is 16.6. The molecule has 0 unspecified atom stereocenters. The first kappa shape index (κ1) is 15.0. The third kappa shape index (κ3) is 3.78. The third-order valence-electron chi connectivity index (χ3n) is 3.23. The van der Waals surface area contributed by atoms with Gasteiger partial charge in [-0.2, -0.15) is 0 Å². The molecule has 0 saturated carbocycles. The van der Waals surface area contributed by atoms with E-state index in [1.54, 1.807) is 0 Å². The Labute approximate surface area is 124 Å². The summed E-state index contributed by atoms with van der Waals surface area (Å²) in [5.74, 6) is 0.542. The van der Waals surface area contributed by atoms with Crippen LogP contribution in [0.2, 0.25) is 0 Å².